The van der Waals surface area contributed by atoms with Gasteiger partial charge in [0.05, 0.1) is 24.7 Å². The van der Waals surface area contributed by atoms with Crippen LogP contribution in [0.15, 0.2) is 64.0 Å². The number of benzene rings is 2. The van der Waals surface area contributed by atoms with Gasteiger partial charge < -0.3 is 14.0 Å². The molecule has 1 aromatic heterocycles. The van der Waals surface area contributed by atoms with Crippen LogP contribution in [0, 0.1) is 0 Å². The molecule has 1 saturated heterocycles. The highest BCUT2D eigenvalue weighted by molar-refractivity contribution is 7.89. The second kappa shape index (κ2) is 8.95. The molecule has 4 rings (SSSR count). The molecule has 1 atom stereocenters. The van der Waals surface area contributed by atoms with Crippen LogP contribution in [0.4, 0.5) is 0 Å². The van der Waals surface area contributed by atoms with Gasteiger partial charge in [-0.15, -0.1) is 0 Å². The topological polar surface area (TPSA) is 94.8 Å². The van der Waals surface area contributed by atoms with Gasteiger partial charge in [0.1, 0.15) is 12.4 Å². The Bertz CT molecular complexity index is 1080. The molecular formula is C21H23N3O5S. The first kappa shape index (κ1) is 20.5. The van der Waals surface area contributed by atoms with Crippen LogP contribution in [-0.4, -0.2) is 36.5 Å². The standard InChI is InChI=1S/C21H23N3O5S/c1-27-17-9-5-10-18(13-17)30(25,26)24-12-6-11-19(24)21-22-20(29-23-21)15-28-14-16-7-3-2-4-8-16/h2-5,7-10,13,19H,6,11-12,14-15H2,1H3. The van der Waals surface area contributed by atoms with E-state index in [1.807, 2.05) is 30.3 Å². The lowest BCUT2D eigenvalue weighted by molar-refractivity contribution is 0.0850. The molecule has 0 spiro atoms. The molecule has 2 aromatic carbocycles. The molecule has 2 heterocycles. The van der Waals surface area contributed by atoms with Gasteiger partial charge in [-0.3, -0.25) is 0 Å². The zero-order valence-electron chi connectivity index (χ0n) is 16.6. The molecule has 158 valence electrons. The smallest absolute Gasteiger partial charge is 0.252 e. The summed E-state index contributed by atoms with van der Waals surface area (Å²) < 4.78 is 43.9. The Kier molecular flexibility index (Phi) is 6.12. The molecule has 1 aliphatic rings. The van der Waals surface area contributed by atoms with E-state index in [1.165, 1.54) is 17.5 Å². The lowest BCUT2D eigenvalue weighted by Gasteiger charge is -2.21. The molecule has 3 aromatic rings. The van der Waals surface area contributed by atoms with Gasteiger partial charge in [0.2, 0.25) is 10.0 Å². The van der Waals surface area contributed by atoms with E-state index in [1.54, 1.807) is 18.2 Å². The normalized spacial score (nSPS) is 17.3. The molecule has 0 N–H and O–H groups in total. The van der Waals surface area contributed by atoms with Crippen LogP contribution in [0.5, 0.6) is 5.75 Å². The lowest BCUT2D eigenvalue weighted by Crippen LogP contribution is -2.31. The molecule has 0 bridgehead atoms. The maximum atomic E-state index is 13.2. The average Bonchev–Trinajstić information content (AvgIpc) is 3.44. The summed E-state index contributed by atoms with van der Waals surface area (Å²) in [7, 11) is -2.21. The minimum absolute atomic E-state index is 0.164. The molecular weight excluding hydrogens is 406 g/mol. The van der Waals surface area contributed by atoms with E-state index >= 15 is 0 Å². The van der Waals surface area contributed by atoms with E-state index in [0.29, 0.717) is 37.0 Å². The number of hydrogen-bond donors (Lipinski definition) is 0. The van der Waals surface area contributed by atoms with Gasteiger partial charge in [0.15, 0.2) is 5.82 Å². The third kappa shape index (κ3) is 4.38. The molecule has 9 heteroatoms. The summed E-state index contributed by atoms with van der Waals surface area (Å²) >= 11 is 0. The highest BCUT2D eigenvalue weighted by Crippen LogP contribution is 2.35. The van der Waals surface area contributed by atoms with Gasteiger partial charge in [-0.1, -0.05) is 41.6 Å². The van der Waals surface area contributed by atoms with Crippen LogP contribution >= 0.6 is 0 Å². The van der Waals surface area contributed by atoms with Crippen molar-refractivity contribution in [2.45, 2.75) is 37.0 Å². The average molecular weight is 429 g/mol. The molecule has 0 aliphatic carbocycles. The van der Waals surface area contributed by atoms with Crippen molar-refractivity contribution >= 4 is 10.0 Å². The van der Waals surface area contributed by atoms with Crippen LogP contribution < -0.4 is 4.74 Å². The monoisotopic (exact) mass is 429 g/mol. The Morgan fingerprint density at radius 2 is 1.97 bits per heavy atom. The molecule has 1 fully saturated rings. The zero-order valence-corrected chi connectivity index (χ0v) is 17.4. The maximum Gasteiger partial charge on any atom is 0.252 e. The summed E-state index contributed by atoms with van der Waals surface area (Å²) in [6, 6.07) is 15.8. The van der Waals surface area contributed by atoms with Gasteiger partial charge in [-0.05, 0) is 30.5 Å². The Balaban J connectivity index is 1.46. The Labute approximate surface area is 175 Å². The Hall–Kier alpha value is -2.75. The molecule has 1 aliphatic heterocycles. The summed E-state index contributed by atoms with van der Waals surface area (Å²) in [5.74, 6) is 1.17. The minimum Gasteiger partial charge on any atom is -0.497 e. The summed E-state index contributed by atoms with van der Waals surface area (Å²) in [5.41, 5.74) is 1.04. The third-order valence-electron chi connectivity index (χ3n) is 4.97. The zero-order chi connectivity index (χ0) is 21.0. The molecule has 0 saturated carbocycles. The minimum atomic E-state index is -3.71. The van der Waals surface area contributed by atoms with Crippen molar-refractivity contribution in [3.63, 3.8) is 0 Å². The SMILES string of the molecule is COc1cccc(S(=O)(=O)N2CCCC2c2noc(COCc3ccccc3)n2)c1. The largest absolute Gasteiger partial charge is 0.497 e. The van der Waals surface area contributed by atoms with Crippen LogP contribution in [-0.2, 0) is 28.0 Å². The fourth-order valence-electron chi connectivity index (χ4n) is 3.48. The van der Waals surface area contributed by atoms with E-state index in [0.717, 1.165) is 12.0 Å². The number of sulfonamides is 1. The molecule has 0 amide bonds. The molecule has 30 heavy (non-hydrogen) atoms. The second-order valence-electron chi connectivity index (χ2n) is 6.98. The van der Waals surface area contributed by atoms with Crippen molar-refractivity contribution in [2.75, 3.05) is 13.7 Å². The third-order valence-corrected chi connectivity index (χ3v) is 6.87. The predicted octanol–water partition coefficient (Wildman–Crippen LogP) is 3.32. The first-order chi connectivity index (χ1) is 14.6. The summed E-state index contributed by atoms with van der Waals surface area (Å²) in [5, 5.41) is 4.02. The molecule has 8 nitrogen and oxygen atoms in total. The first-order valence-electron chi connectivity index (χ1n) is 9.68. The quantitative estimate of drug-likeness (QED) is 0.542. The van der Waals surface area contributed by atoms with E-state index in [2.05, 4.69) is 10.1 Å². The van der Waals surface area contributed by atoms with Gasteiger partial charge in [0, 0.05) is 12.6 Å². The Morgan fingerprint density at radius 3 is 2.77 bits per heavy atom. The van der Waals surface area contributed by atoms with Crippen molar-refractivity contribution in [1.82, 2.24) is 14.4 Å². The fraction of sp³-hybridized carbons (Fsp3) is 0.333. The number of rotatable bonds is 8. The number of ether oxygens (including phenoxy) is 2. The van der Waals surface area contributed by atoms with E-state index in [9.17, 15) is 8.42 Å². The predicted molar refractivity (Wildman–Crippen MR) is 108 cm³/mol. The van der Waals surface area contributed by atoms with Gasteiger partial charge >= 0.3 is 0 Å². The van der Waals surface area contributed by atoms with Gasteiger partial charge in [0.25, 0.3) is 5.89 Å². The van der Waals surface area contributed by atoms with Crippen LogP contribution in [0.1, 0.15) is 36.2 Å². The fourth-order valence-corrected chi connectivity index (χ4v) is 5.17. The van der Waals surface area contributed by atoms with Crippen molar-refractivity contribution in [3.8, 4) is 5.75 Å². The van der Waals surface area contributed by atoms with Crippen LogP contribution in [0.2, 0.25) is 0 Å². The van der Waals surface area contributed by atoms with Gasteiger partial charge in [-0.25, -0.2) is 8.42 Å². The maximum absolute atomic E-state index is 13.2. The van der Waals surface area contributed by atoms with Crippen molar-refractivity contribution < 1.29 is 22.4 Å². The second-order valence-corrected chi connectivity index (χ2v) is 8.87. The van der Waals surface area contributed by atoms with Crippen molar-refractivity contribution in [2.24, 2.45) is 0 Å². The van der Waals surface area contributed by atoms with E-state index < -0.39 is 16.1 Å². The summed E-state index contributed by atoms with van der Waals surface area (Å²) in [6.07, 6.45) is 1.36. The molecule has 1 unspecified atom stereocenters. The number of hydrogen-bond acceptors (Lipinski definition) is 7. The van der Waals surface area contributed by atoms with Crippen LogP contribution in [0.3, 0.4) is 0 Å². The van der Waals surface area contributed by atoms with E-state index in [-0.39, 0.29) is 11.5 Å². The summed E-state index contributed by atoms with van der Waals surface area (Å²) in [4.78, 5) is 4.56. The number of aromatic nitrogens is 2. The van der Waals surface area contributed by atoms with E-state index in [4.69, 9.17) is 14.0 Å². The van der Waals surface area contributed by atoms with Crippen molar-refractivity contribution in [3.05, 3.63) is 71.9 Å². The highest BCUT2D eigenvalue weighted by Gasteiger charge is 2.39. The summed E-state index contributed by atoms with van der Waals surface area (Å²) in [6.45, 7) is 0.994. The lowest BCUT2D eigenvalue weighted by atomic mass is 10.2. The number of nitrogens with zero attached hydrogens (tertiary/aromatic N) is 3. The Morgan fingerprint density at radius 1 is 1.13 bits per heavy atom. The van der Waals surface area contributed by atoms with Crippen molar-refractivity contribution in [1.29, 1.82) is 0 Å². The number of methoxy groups -OCH3 is 1. The van der Waals surface area contributed by atoms with Crippen LogP contribution in [0.25, 0.3) is 0 Å². The first-order valence-corrected chi connectivity index (χ1v) is 11.1. The van der Waals surface area contributed by atoms with Gasteiger partial charge in [-0.2, -0.15) is 9.29 Å². The molecule has 0 radical (unpaired) electrons. The highest BCUT2D eigenvalue weighted by atomic mass is 32.2.